The van der Waals surface area contributed by atoms with E-state index in [4.69, 9.17) is 14.4 Å². The number of unbranched alkanes of at least 4 members (excludes halogenated alkanes) is 1. The van der Waals surface area contributed by atoms with Crippen molar-refractivity contribution >= 4 is 5.97 Å². The van der Waals surface area contributed by atoms with E-state index in [-0.39, 0.29) is 16.4 Å². The van der Waals surface area contributed by atoms with Gasteiger partial charge in [0.2, 0.25) is 11.7 Å². The zero-order chi connectivity index (χ0) is 26.7. The number of hydrogen-bond donors (Lipinski definition) is 2. The lowest BCUT2D eigenvalue weighted by Gasteiger charge is -2.42. The Hall–Kier alpha value is -2.69. The van der Waals surface area contributed by atoms with E-state index >= 15 is 0 Å². The average molecular weight is 513 g/mol. The minimum absolute atomic E-state index is 0.00181. The fourth-order valence-electron chi connectivity index (χ4n) is 5.39. The maximum atomic E-state index is 12.7. The summed E-state index contributed by atoms with van der Waals surface area (Å²) in [7, 11) is 0. The molecular formula is C25H35F3N4O4. The SMILES string of the molecule is CC1(C)Cc2[nH]c(=O)c(-c3noc(CCCCN4CCCC4)n3)cc2C(C)(C)C1.O=C(O)C(F)(F)F. The van der Waals surface area contributed by atoms with E-state index in [2.05, 4.69) is 47.7 Å². The van der Waals surface area contributed by atoms with E-state index in [0.717, 1.165) is 44.3 Å². The highest BCUT2D eigenvalue weighted by atomic mass is 19.4. The van der Waals surface area contributed by atoms with Crippen molar-refractivity contribution < 1.29 is 27.6 Å². The summed E-state index contributed by atoms with van der Waals surface area (Å²) in [4.78, 5) is 31.8. The van der Waals surface area contributed by atoms with Crippen LogP contribution in [0, 0.1) is 5.41 Å². The van der Waals surface area contributed by atoms with Gasteiger partial charge in [-0.2, -0.15) is 18.2 Å². The lowest BCUT2D eigenvalue weighted by atomic mass is 9.64. The number of halogens is 3. The summed E-state index contributed by atoms with van der Waals surface area (Å²) < 4.78 is 37.2. The summed E-state index contributed by atoms with van der Waals surface area (Å²) in [5.41, 5.74) is 2.81. The Labute approximate surface area is 208 Å². The predicted octanol–water partition coefficient (Wildman–Crippen LogP) is 4.73. The molecule has 200 valence electrons. The first-order valence-corrected chi connectivity index (χ1v) is 12.3. The summed E-state index contributed by atoms with van der Waals surface area (Å²) in [6.07, 6.45) is 2.47. The third-order valence-electron chi connectivity index (χ3n) is 6.69. The van der Waals surface area contributed by atoms with Crippen LogP contribution in [0.3, 0.4) is 0 Å². The number of hydrogen-bond acceptors (Lipinski definition) is 6. The van der Waals surface area contributed by atoms with Gasteiger partial charge in [-0.15, -0.1) is 0 Å². The molecule has 1 saturated heterocycles. The van der Waals surface area contributed by atoms with Gasteiger partial charge in [-0.05, 0) is 80.6 Å². The molecule has 0 unspecified atom stereocenters. The molecule has 3 heterocycles. The second-order valence-corrected chi connectivity index (χ2v) is 11.1. The van der Waals surface area contributed by atoms with E-state index in [1.165, 1.54) is 31.5 Å². The molecule has 36 heavy (non-hydrogen) atoms. The van der Waals surface area contributed by atoms with Crippen molar-refractivity contribution in [1.82, 2.24) is 20.0 Å². The fraction of sp³-hybridized carbons (Fsp3) is 0.680. The van der Waals surface area contributed by atoms with Crippen LogP contribution in [0.25, 0.3) is 11.4 Å². The molecule has 1 aliphatic heterocycles. The Balaban J connectivity index is 0.000000454. The minimum Gasteiger partial charge on any atom is -0.475 e. The molecule has 2 aromatic rings. The number of pyridine rings is 1. The lowest BCUT2D eigenvalue weighted by molar-refractivity contribution is -0.192. The van der Waals surface area contributed by atoms with Crippen LogP contribution in [0.1, 0.15) is 76.9 Å². The van der Waals surface area contributed by atoms with Gasteiger partial charge in [0.1, 0.15) is 0 Å². The Morgan fingerprint density at radius 1 is 1.19 bits per heavy atom. The van der Waals surface area contributed by atoms with E-state index in [9.17, 15) is 18.0 Å². The highest BCUT2D eigenvalue weighted by Gasteiger charge is 2.39. The standard InChI is InChI=1S/C23H34N4O2.C2HF3O2/c1-22(2)14-18-17(23(3,4)15-22)13-16(21(28)24-18)20-25-19(29-26-20)9-5-6-10-27-11-7-8-12-27;3-2(4,5)1(6)7/h13H,5-12,14-15H2,1-4H3,(H,24,28);(H,6,7). The number of likely N-dealkylation sites (tertiary alicyclic amines) is 1. The van der Waals surface area contributed by atoms with Gasteiger partial charge in [-0.25, -0.2) is 4.79 Å². The van der Waals surface area contributed by atoms with Crippen LogP contribution in [-0.2, 0) is 23.1 Å². The van der Waals surface area contributed by atoms with Crippen molar-refractivity contribution in [1.29, 1.82) is 0 Å². The van der Waals surface area contributed by atoms with Gasteiger partial charge < -0.3 is 19.5 Å². The number of fused-ring (bicyclic) bond motifs is 1. The Morgan fingerprint density at radius 2 is 1.83 bits per heavy atom. The summed E-state index contributed by atoms with van der Waals surface area (Å²) in [6, 6.07) is 1.99. The number of carbonyl (C=O) groups is 1. The molecule has 0 saturated carbocycles. The second kappa shape index (κ2) is 10.7. The summed E-state index contributed by atoms with van der Waals surface area (Å²) in [6.45, 7) is 12.6. The molecular weight excluding hydrogens is 477 g/mol. The molecule has 0 spiro atoms. The zero-order valence-corrected chi connectivity index (χ0v) is 21.3. The number of carboxylic acids is 1. The molecule has 4 rings (SSSR count). The Bertz CT molecular complexity index is 1120. The molecule has 0 atom stereocenters. The quantitative estimate of drug-likeness (QED) is 0.538. The van der Waals surface area contributed by atoms with Gasteiger partial charge in [0.15, 0.2) is 0 Å². The number of H-pyrrole nitrogens is 1. The highest BCUT2D eigenvalue weighted by molar-refractivity contribution is 5.73. The van der Waals surface area contributed by atoms with Crippen molar-refractivity contribution in [3.63, 3.8) is 0 Å². The molecule has 0 bridgehead atoms. The molecule has 0 aromatic carbocycles. The van der Waals surface area contributed by atoms with Crippen molar-refractivity contribution in [2.24, 2.45) is 5.41 Å². The van der Waals surface area contributed by atoms with Crippen LogP contribution in [0.4, 0.5) is 13.2 Å². The van der Waals surface area contributed by atoms with E-state index in [1.54, 1.807) is 0 Å². The number of carboxylic acid groups (broad SMARTS) is 1. The number of aryl methyl sites for hydroxylation is 1. The number of aliphatic carboxylic acids is 1. The Morgan fingerprint density at radius 3 is 2.44 bits per heavy atom. The predicted molar refractivity (Wildman–Crippen MR) is 128 cm³/mol. The maximum Gasteiger partial charge on any atom is 0.490 e. The number of nitrogens with one attached hydrogen (secondary N) is 1. The zero-order valence-electron chi connectivity index (χ0n) is 21.3. The highest BCUT2D eigenvalue weighted by Crippen LogP contribution is 2.45. The molecule has 2 aliphatic rings. The van der Waals surface area contributed by atoms with Crippen molar-refractivity contribution in [3.05, 3.63) is 33.6 Å². The monoisotopic (exact) mass is 512 g/mol. The third kappa shape index (κ3) is 7.18. The maximum absolute atomic E-state index is 12.7. The first-order chi connectivity index (χ1) is 16.7. The molecule has 2 aromatic heterocycles. The van der Waals surface area contributed by atoms with Crippen molar-refractivity contribution in [3.8, 4) is 11.4 Å². The number of rotatable bonds is 6. The number of aromatic nitrogens is 3. The molecule has 0 amide bonds. The topological polar surface area (TPSA) is 112 Å². The van der Waals surface area contributed by atoms with Gasteiger partial charge in [0, 0.05) is 12.1 Å². The largest absolute Gasteiger partial charge is 0.490 e. The molecule has 2 N–H and O–H groups in total. The van der Waals surface area contributed by atoms with E-state index < -0.39 is 12.1 Å². The number of aromatic amines is 1. The summed E-state index contributed by atoms with van der Waals surface area (Å²) in [5, 5.41) is 11.2. The van der Waals surface area contributed by atoms with Crippen LogP contribution < -0.4 is 5.56 Å². The van der Waals surface area contributed by atoms with Gasteiger partial charge >= 0.3 is 12.1 Å². The molecule has 8 nitrogen and oxygen atoms in total. The summed E-state index contributed by atoms with van der Waals surface area (Å²) >= 11 is 0. The fourth-order valence-corrected chi connectivity index (χ4v) is 5.39. The van der Waals surface area contributed by atoms with Crippen LogP contribution in [0.15, 0.2) is 15.4 Å². The Kier molecular flexibility index (Phi) is 8.32. The molecule has 1 fully saturated rings. The van der Waals surface area contributed by atoms with Crippen molar-refractivity contribution in [2.75, 3.05) is 19.6 Å². The van der Waals surface area contributed by atoms with Crippen LogP contribution >= 0.6 is 0 Å². The van der Waals surface area contributed by atoms with Gasteiger partial charge in [0.05, 0.1) is 5.56 Å². The molecule has 1 aliphatic carbocycles. The molecule has 11 heteroatoms. The molecule has 0 radical (unpaired) electrons. The first-order valence-electron chi connectivity index (χ1n) is 12.3. The van der Waals surface area contributed by atoms with E-state index in [1.807, 2.05) is 6.07 Å². The number of alkyl halides is 3. The third-order valence-corrected chi connectivity index (χ3v) is 6.69. The second-order valence-electron chi connectivity index (χ2n) is 11.1. The summed E-state index contributed by atoms with van der Waals surface area (Å²) in [5.74, 6) is -1.73. The minimum atomic E-state index is -5.08. The van der Waals surface area contributed by atoms with Gasteiger partial charge in [-0.3, -0.25) is 4.79 Å². The van der Waals surface area contributed by atoms with E-state index in [0.29, 0.717) is 17.3 Å². The van der Waals surface area contributed by atoms with Crippen molar-refractivity contribution in [2.45, 2.75) is 84.2 Å². The van der Waals surface area contributed by atoms with Crippen LogP contribution in [0.5, 0.6) is 0 Å². The van der Waals surface area contributed by atoms with Crippen LogP contribution in [0.2, 0.25) is 0 Å². The smallest absolute Gasteiger partial charge is 0.475 e. The van der Waals surface area contributed by atoms with Gasteiger partial charge in [-0.1, -0.05) is 32.9 Å². The van der Waals surface area contributed by atoms with Gasteiger partial charge in [0.25, 0.3) is 5.56 Å². The lowest BCUT2D eigenvalue weighted by Crippen LogP contribution is -2.37. The normalized spacial score (nSPS) is 18.9. The average Bonchev–Trinajstić information content (AvgIpc) is 3.41. The number of nitrogens with zero attached hydrogens (tertiary/aromatic N) is 3. The van der Waals surface area contributed by atoms with Crippen LogP contribution in [-0.4, -0.2) is 56.9 Å². The first kappa shape index (κ1) is 27.9.